The number of aromatic nitrogens is 1. The standard InChI is InChI=1S/C11H7NS/c1-2-8-4-5-11-10(9(8)3-1)6-7-12-13-11/h1-7H. The van der Waals surface area contributed by atoms with E-state index in [0.29, 0.717) is 0 Å². The molecule has 0 unspecified atom stereocenters. The molecule has 1 aromatic heterocycles. The van der Waals surface area contributed by atoms with Gasteiger partial charge in [-0.25, -0.2) is 4.37 Å². The highest BCUT2D eigenvalue weighted by Gasteiger charge is 1.99. The van der Waals surface area contributed by atoms with Gasteiger partial charge in [-0.05, 0) is 34.4 Å². The SMILES string of the molecule is c1cc2ccc3snccc3c2c1. The van der Waals surface area contributed by atoms with Crippen molar-refractivity contribution in [2.75, 3.05) is 0 Å². The summed E-state index contributed by atoms with van der Waals surface area (Å²) < 4.78 is 5.40. The van der Waals surface area contributed by atoms with Crippen LogP contribution < -0.4 is 0 Å². The first-order valence-electron chi connectivity index (χ1n) is 4.17. The van der Waals surface area contributed by atoms with Gasteiger partial charge in [0.1, 0.15) is 0 Å². The van der Waals surface area contributed by atoms with Crippen molar-refractivity contribution >= 4 is 32.4 Å². The van der Waals surface area contributed by atoms with Crippen LogP contribution in [0.5, 0.6) is 0 Å². The van der Waals surface area contributed by atoms with E-state index in [1.54, 1.807) is 11.5 Å². The molecule has 0 bridgehead atoms. The predicted octanol–water partition coefficient (Wildman–Crippen LogP) is 3.45. The van der Waals surface area contributed by atoms with E-state index in [4.69, 9.17) is 0 Å². The average molecular weight is 185 g/mol. The molecular formula is C11H7NS. The highest BCUT2D eigenvalue weighted by atomic mass is 32.1. The molecule has 2 aromatic carbocycles. The van der Waals surface area contributed by atoms with Gasteiger partial charge < -0.3 is 0 Å². The van der Waals surface area contributed by atoms with Crippen LogP contribution in [0.4, 0.5) is 0 Å². The van der Waals surface area contributed by atoms with E-state index in [0.717, 1.165) is 0 Å². The number of nitrogens with zero attached hydrogens (tertiary/aromatic N) is 1. The van der Waals surface area contributed by atoms with E-state index in [2.05, 4.69) is 40.8 Å². The van der Waals surface area contributed by atoms with Crippen molar-refractivity contribution in [3.63, 3.8) is 0 Å². The molecule has 2 heteroatoms. The van der Waals surface area contributed by atoms with Gasteiger partial charge in [-0.1, -0.05) is 24.3 Å². The monoisotopic (exact) mass is 185 g/mol. The fourth-order valence-electron chi connectivity index (χ4n) is 1.66. The van der Waals surface area contributed by atoms with E-state index in [-0.39, 0.29) is 0 Å². The Morgan fingerprint density at radius 2 is 1.92 bits per heavy atom. The zero-order valence-electron chi connectivity index (χ0n) is 6.90. The minimum atomic E-state index is 1.25. The van der Waals surface area contributed by atoms with Crippen LogP contribution in [0.1, 0.15) is 0 Å². The Balaban J connectivity index is 2.65. The van der Waals surface area contributed by atoms with Crippen LogP contribution in [0.25, 0.3) is 20.9 Å². The third kappa shape index (κ3) is 0.956. The van der Waals surface area contributed by atoms with Crippen LogP contribution >= 0.6 is 11.5 Å². The summed E-state index contributed by atoms with van der Waals surface area (Å²) in [4.78, 5) is 0. The third-order valence-electron chi connectivity index (χ3n) is 2.27. The quantitative estimate of drug-likeness (QED) is 0.522. The van der Waals surface area contributed by atoms with Crippen molar-refractivity contribution in [1.29, 1.82) is 0 Å². The van der Waals surface area contributed by atoms with Crippen LogP contribution in [-0.2, 0) is 0 Å². The molecule has 1 nitrogen and oxygen atoms in total. The lowest BCUT2D eigenvalue weighted by Crippen LogP contribution is -1.71. The molecular weight excluding hydrogens is 178 g/mol. The molecule has 1 heterocycles. The summed E-state index contributed by atoms with van der Waals surface area (Å²) in [5.74, 6) is 0. The van der Waals surface area contributed by atoms with Gasteiger partial charge in [-0.2, -0.15) is 0 Å². The summed E-state index contributed by atoms with van der Waals surface area (Å²) in [5, 5.41) is 3.95. The maximum absolute atomic E-state index is 4.15. The van der Waals surface area contributed by atoms with Gasteiger partial charge >= 0.3 is 0 Å². The lowest BCUT2D eigenvalue weighted by Gasteiger charge is -1.96. The third-order valence-corrected chi connectivity index (χ3v) is 3.05. The van der Waals surface area contributed by atoms with Crippen molar-refractivity contribution in [3.05, 3.63) is 42.6 Å². The topological polar surface area (TPSA) is 12.9 Å². The summed E-state index contributed by atoms with van der Waals surface area (Å²) in [6, 6.07) is 12.7. The largest absolute Gasteiger partial charge is 0.201 e. The van der Waals surface area contributed by atoms with Gasteiger partial charge in [0.15, 0.2) is 0 Å². The first-order valence-corrected chi connectivity index (χ1v) is 4.95. The van der Waals surface area contributed by atoms with Crippen LogP contribution in [0.15, 0.2) is 42.6 Å². The predicted molar refractivity (Wildman–Crippen MR) is 57.1 cm³/mol. The molecule has 0 fully saturated rings. The maximum Gasteiger partial charge on any atom is 0.0541 e. The Hall–Kier alpha value is -1.41. The molecule has 0 amide bonds. The normalized spacial score (nSPS) is 11.1. The molecule has 0 aliphatic rings. The molecule has 0 N–H and O–H groups in total. The summed E-state index contributed by atoms with van der Waals surface area (Å²) in [6.45, 7) is 0. The Morgan fingerprint density at radius 1 is 0.923 bits per heavy atom. The van der Waals surface area contributed by atoms with Crippen molar-refractivity contribution in [2.45, 2.75) is 0 Å². The second-order valence-electron chi connectivity index (χ2n) is 3.02. The first kappa shape index (κ1) is 7.04. The Labute approximate surface area is 79.8 Å². The number of hydrogen-bond acceptors (Lipinski definition) is 2. The molecule has 0 saturated heterocycles. The molecule has 0 aliphatic carbocycles. The van der Waals surface area contributed by atoms with Crippen molar-refractivity contribution in [1.82, 2.24) is 4.37 Å². The Kier molecular flexibility index (Phi) is 1.37. The van der Waals surface area contributed by atoms with Crippen LogP contribution in [0.3, 0.4) is 0 Å². The summed E-state index contributed by atoms with van der Waals surface area (Å²) >= 11 is 1.55. The summed E-state index contributed by atoms with van der Waals surface area (Å²) in [7, 11) is 0. The molecule has 3 rings (SSSR count). The van der Waals surface area contributed by atoms with Crippen molar-refractivity contribution in [3.8, 4) is 0 Å². The summed E-state index contributed by atoms with van der Waals surface area (Å²) in [6.07, 6.45) is 1.86. The fourth-order valence-corrected chi connectivity index (χ4v) is 2.30. The van der Waals surface area contributed by atoms with E-state index >= 15 is 0 Å². The Bertz CT molecular complexity index is 568. The van der Waals surface area contributed by atoms with Gasteiger partial charge in [0.2, 0.25) is 0 Å². The fraction of sp³-hybridized carbons (Fsp3) is 0. The van der Waals surface area contributed by atoms with E-state index in [9.17, 15) is 0 Å². The maximum atomic E-state index is 4.15. The number of fused-ring (bicyclic) bond motifs is 3. The lowest BCUT2D eigenvalue weighted by molar-refractivity contribution is 1.56. The second kappa shape index (κ2) is 2.54. The highest BCUT2D eigenvalue weighted by molar-refractivity contribution is 7.12. The molecule has 0 saturated carbocycles. The molecule has 62 valence electrons. The van der Waals surface area contributed by atoms with Gasteiger partial charge in [0, 0.05) is 11.6 Å². The van der Waals surface area contributed by atoms with Gasteiger partial charge in [-0.3, -0.25) is 0 Å². The van der Waals surface area contributed by atoms with Crippen LogP contribution in [-0.4, -0.2) is 4.37 Å². The molecule has 0 atom stereocenters. The molecule has 0 spiro atoms. The van der Waals surface area contributed by atoms with E-state index < -0.39 is 0 Å². The van der Waals surface area contributed by atoms with Gasteiger partial charge in [0.05, 0.1) is 4.70 Å². The molecule has 13 heavy (non-hydrogen) atoms. The molecule has 3 aromatic rings. The van der Waals surface area contributed by atoms with Crippen molar-refractivity contribution in [2.24, 2.45) is 0 Å². The second-order valence-corrected chi connectivity index (χ2v) is 3.85. The first-order chi connectivity index (χ1) is 6.45. The van der Waals surface area contributed by atoms with E-state index in [1.807, 2.05) is 6.20 Å². The van der Waals surface area contributed by atoms with Crippen LogP contribution in [0.2, 0.25) is 0 Å². The van der Waals surface area contributed by atoms with Gasteiger partial charge in [-0.15, -0.1) is 0 Å². The van der Waals surface area contributed by atoms with E-state index in [1.165, 1.54) is 20.9 Å². The number of hydrogen-bond donors (Lipinski definition) is 0. The zero-order chi connectivity index (χ0) is 8.67. The minimum Gasteiger partial charge on any atom is -0.201 e. The van der Waals surface area contributed by atoms with Gasteiger partial charge in [0.25, 0.3) is 0 Å². The lowest BCUT2D eigenvalue weighted by atomic mass is 10.1. The minimum absolute atomic E-state index is 1.25. The number of rotatable bonds is 0. The molecule has 0 aliphatic heterocycles. The van der Waals surface area contributed by atoms with Crippen LogP contribution in [0, 0.1) is 0 Å². The molecule has 0 radical (unpaired) electrons. The zero-order valence-corrected chi connectivity index (χ0v) is 7.71. The Morgan fingerprint density at radius 3 is 2.92 bits per heavy atom. The smallest absolute Gasteiger partial charge is 0.0541 e. The number of benzene rings is 1. The van der Waals surface area contributed by atoms with Crippen molar-refractivity contribution < 1.29 is 0 Å². The highest BCUT2D eigenvalue weighted by Crippen LogP contribution is 2.26. The summed E-state index contributed by atoms with van der Waals surface area (Å²) in [5.41, 5.74) is 0. The average Bonchev–Trinajstić information content (AvgIpc) is 2.65.